The highest BCUT2D eigenvalue weighted by atomic mass is 19.4. The molecule has 1 fully saturated rings. The highest BCUT2D eigenvalue weighted by Gasteiger charge is 2.40. The van der Waals surface area contributed by atoms with Crippen LogP contribution in [0.3, 0.4) is 0 Å². The van der Waals surface area contributed by atoms with E-state index < -0.39 is 17.8 Å². The molecule has 3 rings (SSSR count). The molecule has 4 nitrogen and oxygen atoms in total. The van der Waals surface area contributed by atoms with Gasteiger partial charge in [0.05, 0.1) is 11.6 Å². The first-order valence-electron chi connectivity index (χ1n) is 6.71. The normalized spacial score (nSPS) is 24.8. The molecule has 2 unspecified atom stereocenters. The second-order valence-electron chi connectivity index (χ2n) is 5.63. The Hall–Kier alpha value is -1.92. The lowest BCUT2D eigenvalue weighted by Gasteiger charge is -2.45. The number of benzene rings is 1. The Morgan fingerprint density at radius 2 is 2.05 bits per heavy atom. The predicted molar refractivity (Wildman–Crippen MR) is 67.8 cm³/mol. The van der Waals surface area contributed by atoms with Crippen molar-refractivity contribution in [3.63, 3.8) is 0 Å². The van der Waals surface area contributed by atoms with E-state index >= 15 is 0 Å². The van der Waals surface area contributed by atoms with E-state index in [1.165, 1.54) is 17.0 Å². The van der Waals surface area contributed by atoms with Crippen molar-refractivity contribution < 1.29 is 23.1 Å². The van der Waals surface area contributed by atoms with Gasteiger partial charge in [0.2, 0.25) is 0 Å². The van der Waals surface area contributed by atoms with Gasteiger partial charge in [-0.1, -0.05) is 6.07 Å². The van der Waals surface area contributed by atoms with Crippen molar-refractivity contribution in [1.29, 1.82) is 0 Å². The molecule has 2 heterocycles. The highest BCUT2D eigenvalue weighted by molar-refractivity contribution is 5.67. The molecule has 0 radical (unpaired) electrons. The van der Waals surface area contributed by atoms with Crippen molar-refractivity contribution in [1.82, 2.24) is 4.90 Å². The number of nitrogens with zero attached hydrogens (tertiary/aromatic N) is 2. The van der Waals surface area contributed by atoms with Gasteiger partial charge in [0.1, 0.15) is 6.09 Å². The van der Waals surface area contributed by atoms with Gasteiger partial charge in [-0.15, -0.1) is 0 Å². The molecule has 2 aliphatic heterocycles. The van der Waals surface area contributed by atoms with E-state index in [2.05, 4.69) is 0 Å². The summed E-state index contributed by atoms with van der Waals surface area (Å²) in [6.07, 6.45) is -5.04. The lowest BCUT2D eigenvalue weighted by Crippen LogP contribution is -2.60. The van der Waals surface area contributed by atoms with E-state index in [0.29, 0.717) is 12.1 Å². The first-order chi connectivity index (χ1) is 9.77. The average molecular weight is 299 g/mol. The maximum atomic E-state index is 12.8. The molecule has 0 aromatic heterocycles. The lowest BCUT2D eigenvalue weighted by atomic mass is 10.1. The van der Waals surface area contributed by atoms with Crippen molar-refractivity contribution in [2.75, 3.05) is 18.0 Å². The predicted octanol–water partition coefficient (Wildman–Crippen LogP) is 1.48. The maximum Gasteiger partial charge on any atom is 0.416 e. The maximum absolute atomic E-state index is 12.8. The van der Waals surface area contributed by atoms with Crippen molar-refractivity contribution in [3.8, 4) is 0 Å². The molecule has 114 valence electrons. The van der Waals surface area contributed by atoms with Gasteiger partial charge in [0.25, 0.3) is 0 Å². The molecule has 1 aromatic rings. The second kappa shape index (κ2) is 4.54. The summed E-state index contributed by atoms with van der Waals surface area (Å²) in [7, 11) is 0. The number of amides is 1. The Balaban J connectivity index is 1.94. The van der Waals surface area contributed by atoms with Crippen LogP contribution in [0, 0.1) is 0 Å². The first kappa shape index (κ1) is 14.0. The minimum atomic E-state index is -4.37. The van der Waals surface area contributed by atoms with Crippen molar-refractivity contribution >= 4 is 11.8 Å². The Morgan fingerprint density at radius 1 is 1.33 bits per heavy atom. The number of fused-ring (bicyclic) bond motifs is 3. The summed E-state index contributed by atoms with van der Waals surface area (Å²) in [4.78, 5) is 14.1. The van der Waals surface area contributed by atoms with E-state index in [9.17, 15) is 23.1 Å². The van der Waals surface area contributed by atoms with Crippen molar-refractivity contribution in [3.05, 3.63) is 29.3 Å². The molecule has 1 amide bonds. The number of hydrogen-bond acceptors (Lipinski definition) is 3. The molecule has 0 N–H and O–H groups in total. The minimum Gasteiger partial charge on any atom is -0.530 e. The van der Waals surface area contributed by atoms with Gasteiger partial charge in [-0.3, -0.25) is 0 Å². The first-order valence-corrected chi connectivity index (χ1v) is 6.71. The SMILES string of the molecule is CC1CN(C(=O)[O-])CC2Cc3ccc(C(F)(F)F)cc3N12. The zero-order chi connectivity index (χ0) is 15.4. The van der Waals surface area contributed by atoms with Gasteiger partial charge >= 0.3 is 6.18 Å². The van der Waals surface area contributed by atoms with Crippen LogP contribution in [0.1, 0.15) is 18.1 Å². The smallest absolute Gasteiger partial charge is 0.416 e. The number of hydrogen-bond donors (Lipinski definition) is 0. The summed E-state index contributed by atoms with van der Waals surface area (Å²) in [5, 5.41) is 11.0. The molecule has 2 aliphatic rings. The van der Waals surface area contributed by atoms with Gasteiger partial charge in [0.15, 0.2) is 0 Å². The number of carbonyl (C=O) groups is 1. The zero-order valence-electron chi connectivity index (χ0n) is 11.4. The summed E-state index contributed by atoms with van der Waals surface area (Å²) in [6.45, 7) is 2.33. The molecule has 0 saturated carbocycles. The lowest BCUT2D eigenvalue weighted by molar-refractivity contribution is -0.266. The van der Waals surface area contributed by atoms with E-state index in [4.69, 9.17) is 0 Å². The zero-order valence-corrected chi connectivity index (χ0v) is 11.4. The van der Waals surface area contributed by atoms with Gasteiger partial charge in [-0.05, 0) is 31.0 Å². The van der Waals surface area contributed by atoms with Gasteiger partial charge in [0, 0.05) is 24.8 Å². The van der Waals surface area contributed by atoms with Gasteiger partial charge < -0.3 is 19.7 Å². The number of rotatable bonds is 0. The average Bonchev–Trinajstić information content (AvgIpc) is 2.75. The summed E-state index contributed by atoms with van der Waals surface area (Å²) < 4.78 is 38.5. The Kier molecular flexibility index (Phi) is 3.04. The highest BCUT2D eigenvalue weighted by Crippen LogP contribution is 2.40. The third-order valence-corrected chi connectivity index (χ3v) is 4.19. The standard InChI is InChI=1S/C14H15F3N2O2/c1-8-6-18(13(20)21)7-11-4-9-2-3-10(14(15,16)17)5-12(9)19(8)11/h2-3,5,8,11H,4,6-7H2,1H3,(H,20,21)/p-1. The fourth-order valence-electron chi connectivity index (χ4n) is 3.34. The Bertz CT molecular complexity index is 588. The van der Waals surface area contributed by atoms with Crippen molar-refractivity contribution in [2.24, 2.45) is 0 Å². The molecule has 1 aromatic carbocycles. The minimum absolute atomic E-state index is 0.120. The monoisotopic (exact) mass is 299 g/mol. The molecule has 7 heteroatoms. The number of piperazine rings is 1. The number of carbonyl (C=O) groups excluding carboxylic acids is 1. The third kappa shape index (κ3) is 2.30. The van der Waals surface area contributed by atoms with Crippen LogP contribution >= 0.6 is 0 Å². The van der Waals surface area contributed by atoms with E-state index in [0.717, 1.165) is 11.6 Å². The van der Waals surface area contributed by atoms with Crippen molar-refractivity contribution in [2.45, 2.75) is 31.6 Å². The second-order valence-corrected chi connectivity index (χ2v) is 5.63. The summed E-state index contributed by atoms with van der Waals surface area (Å²) in [6, 6.07) is 3.45. The molecule has 0 spiro atoms. The Morgan fingerprint density at radius 3 is 2.67 bits per heavy atom. The van der Waals surface area contributed by atoms with Gasteiger partial charge in [-0.2, -0.15) is 13.2 Å². The molecule has 2 atom stereocenters. The fraction of sp³-hybridized carbons (Fsp3) is 0.500. The number of anilines is 1. The van der Waals surface area contributed by atoms with E-state index in [1.54, 1.807) is 0 Å². The third-order valence-electron chi connectivity index (χ3n) is 4.19. The summed E-state index contributed by atoms with van der Waals surface area (Å²) >= 11 is 0. The topological polar surface area (TPSA) is 46.6 Å². The molecular formula is C14H14F3N2O2-. The van der Waals surface area contributed by atoms with Crippen LogP contribution in [0.2, 0.25) is 0 Å². The molecule has 0 aliphatic carbocycles. The number of carboxylic acid groups (broad SMARTS) is 1. The molecule has 0 bridgehead atoms. The van der Waals surface area contributed by atoms with E-state index in [-0.39, 0.29) is 25.2 Å². The van der Waals surface area contributed by atoms with Crippen LogP contribution in [0.4, 0.5) is 23.7 Å². The Labute approximate surface area is 119 Å². The largest absolute Gasteiger partial charge is 0.530 e. The molecule has 1 saturated heterocycles. The van der Waals surface area contributed by atoms with Crippen LogP contribution in [-0.4, -0.2) is 36.2 Å². The van der Waals surface area contributed by atoms with Crippen LogP contribution in [-0.2, 0) is 12.6 Å². The molecule has 21 heavy (non-hydrogen) atoms. The quantitative estimate of drug-likeness (QED) is 0.729. The van der Waals surface area contributed by atoms with Crippen LogP contribution < -0.4 is 10.0 Å². The van der Waals surface area contributed by atoms with Crippen LogP contribution in [0.25, 0.3) is 0 Å². The number of alkyl halides is 3. The summed E-state index contributed by atoms with van der Waals surface area (Å²) in [5.74, 6) is 0. The van der Waals surface area contributed by atoms with E-state index in [1.807, 2.05) is 11.8 Å². The van der Waals surface area contributed by atoms with Crippen LogP contribution in [0.5, 0.6) is 0 Å². The van der Waals surface area contributed by atoms with Gasteiger partial charge in [-0.25, -0.2) is 0 Å². The molecular weight excluding hydrogens is 285 g/mol. The summed E-state index contributed by atoms with van der Waals surface area (Å²) in [5.41, 5.74) is 0.733. The number of halogens is 3. The van der Waals surface area contributed by atoms with Crippen LogP contribution in [0.15, 0.2) is 18.2 Å². The fourth-order valence-corrected chi connectivity index (χ4v) is 3.34.